The minimum Gasteiger partial charge on any atom is -0.497 e. The molecule has 5 nitrogen and oxygen atoms in total. The molecule has 0 atom stereocenters. The zero-order valence-electron chi connectivity index (χ0n) is 15.1. The monoisotopic (exact) mass is 384 g/mol. The number of fused-ring (bicyclic) bond motifs is 2. The van der Waals surface area contributed by atoms with E-state index in [1.807, 2.05) is 30.3 Å². The van der Waals surface area contributed by atoms with Gasteiger partial charge in [0.1, 0.15) is 22.7 Å². The summed E-state index contributed by atoms with van der Waals surface area (Å²) < 4.78 is 5.28. The number of hydrogen-bond donors (Lipinski definition) is 1. The second-order valence-electron chi connectivity index (χ2n) is 6.29. The SMILES string of the molecule is COc1ccc(-c2csc3ncnc(Nc4cccc5cccnc45)c23)cc1. The molecule has 0 amide bonds. The van der Waals surface area contributed by atoms with E-state index in [-0.39, 0.29) is 0 Å². The quantitative estimate of drug-likeness (QED) is 0.433. The third-order valence-electron chi connectivity index (χ3n) is 4.66. The van der Waals surface area contributed by atoms with Crippen LogP contribution in [-0.4, -0.2) is 22.1 Å². The normalized spacial score (nSPS) is 11.0. The number of anilines is 2. The van der Waals surface area contributed by atoms with Crippen molar-refractivity contribution in [2.24, 2.45) is 0 Å². The van der Waals surface area contributed by atoms with Gasteiger partial charge in [-0.3, -0.25) is 4.98 Å². The van der Waals surface area contributed by atoms with Crippen molar-refractivity contribution in [3.05, 3.63) is 72.5 Å². The molecular weight excluding hydrogens is 368 g/mol. The average molecular weight is 384 g/mol. The lowest BCUT2D eigenvalue weighted by Crippen LogP contribution is -1.97. The van der Waals surface area contributed by atoms with E-state index < -0.39 is 0 Å². The smallest absolute Gasteiger partial charge is 0.143 e. The maximum Gasteiger partial charge on any atom is 0.143 e. The Hall–Kier alpha value is -3.51. The highest BCUT2D eigenvalue weighted by molar-refractivity contribution is 7.17. The number of nitrogens with one attached hydrogen (secondary N) is 1. The van der Waals surface area contributed by atoms with Crippen molar-refractivity contribution < 1.29 is 4.74 Å². The van der Waals surface area contributed by atoms with Gasteiger partial charge in [-0.05, 0) is 29.8 Å². The number of pyridine rings is 1. The maximum absolute atomic E-state index is 5.28. The van der Waals surface area contributed by atoms with E-state index in [0.29, 0.717) is 0 Å². The van der Waals surface area contributed by atoms with Crippen LogP contribution in [0.25, 0.3) is 32.2 Å². The van der Waals surface area contributed by atoms with Crippen LogP contribution < -0.4 is 10.1 Å². The van der Waals surface area contributed by atoms with Crippen LogP contribution in [0.1, 0.15) is 0 Å². The van der Waals surface area contributed by atoms with E-state index in [2.05, 4.69) is 49.9 Å². The van der Waals surface area contributed by atoms with Crippen LogP contribution in [0.15, 0.2) is 72.5 Å². The second kappa shape index (κ2) is 6.90. The molecule has 28 heavy (non-hydrogen) atoms. The summed E-state index contributed by atoms with van der Waals surface area (Å²) in [7, 11) is 1.67. The third kappa shape index (κ3) is 2.84. The number of hydrogen-bond acceptors (Lipinski definition) is 6. The van der Waals surface area contributed by atoms with Crippen LogP contribution in [0.5, 0.6) is 5.75 Å². The minimum atomic E-state index is 0.773. The van der Waals surface area contributed by atoms with Gasteiger partial charge in [0.2, 0.25) is 0 Å². The molecule has 0 bridgehead atoms. The third-order valence-corrected chi connectivity index (χ3v) is 5.54. The molecule has 0 aliphatic rings. The molecule has 0 spiro atoms. The fourth-order valence-corrected chi connectivity index (χ4v) is 4.20. The van der Waals surface area contributed by atoms with Crippen LogP contribution in [0.4, 0.5) is 11.5 Å². The zero-order valence-corrected chi connectivity index (χ0v) is 15.9. The highest BCUT2D eigenvalue weighted by atomic mass is 32.1. The van der Waals surface area contributed by atoms with Crippen LogP contribution >= 0.6 is 11.3 Å². The van der Waals surface area contributed by atoms with E-state index >= 15 is 0 Å². The molecule has 0 unspecified atom stereocenters. The summed E-state index contributed by atoms with van der Waals surface area (Å²) >= 11 is 1.61. The fraction of sp³-hybridized carbons (Fsp3) is 0.0455. The predicted octanol–water partition coefficient (Wildman–Crippen LogP) is 5.66. The molecule has 5 aromatic rings. The van der Waals surface area contributed by atoms with Crippen molar-refractivity contribution in [2.75, 3.05) is 12.4 Å². The van der Waals surface area contributed by atoms with Gasteiger partial charge in [-0.25, -0.2) is 9.97 Å². The standard InChI is InChI=1S/C22H16N4OS/c1-27-16-9-7-14(8-10-16)17-12-28-22-19(17)21(24-13-25-22)26-18-6-2-4-15-5-3-11-23-20(15)18/h2-13H,1H3,(H,24,25,26). The van der Waals surface area contributed by atoms with Crippen LogP contribution in [0.3, 0.4) is 0 Å². The van der Waals surface area contributed by atoms with Gasteiger partial charge < -0.3 is 10.1 Å². The Morgan fingerprint density at radius 3 is 2.64 bits per heavy atom. The van der Waals surface area contributed by atoms with Crippen LogP contribution in [0, 0.1) is 0 Å². The number of nitrogens with zero attached hydrogens (tertiary/aromatic N) is 3. The predicted molar refractivity (Wildman–Crippen MR) is 114 cm³/mol. The van der Waals surface area contributed by atoms with E-state index in [4.69, 9.17) is 4.74 Å². The highest BCUT2D eigenvalue weighted by Crippen LogP contribution is 2.38. The summed E-state index contributed by atoms with van der Waals surface area (Å²) in [6, 6.07) is 18.1. The molecule has 0 radical (unpaired) electrons. The Labute approximate surface area is 165 Å². The van der Waals surface area contributed by atoms with E-state index in [1.54, 1.807) is 31.0 Å². The average Bonchev–Trinajstić information content (AvgIpc) is 3.19. The van der Waals surface area contributed by atoms with Gasteiger partial charge in [0.15, 0.2) is 0 Å². The van der Waals surface area contributed by atoms with Gasteiger partial charge in [-0.2, -0.15) is 0 Å². The van der Waals surface area contributed by atoms with Crippen molar-refractivity contribution >= 4 is 44.0 Å². The molecular formula is C22H16N4OS. The van der Waals surface area contributed by atoms with E-state index in [0.717, 1.165) is 49.5 Å². The summed E-state index contributed by atoms with van der Waals surface area (Å²) in [5.41, 5.74) is 4.03. The molecule has 136 valence electrons. The fourth-order valence-electron chi connectivity index (χ4n) is 3.29. The number of ether oxygens (including phenoxy) is 1. The number of para-hydroxylation sites is 1. The van der Waals surface area contributed by atoms with E-state index in [9.17, 15) is 0 Å². The van der Waals surface area contributed by atoms with Crippen molar-refractivity contribution in [1.82, 2.24) is 15.0 Å². The summed E-state index contributed by atoms with van der Waals surface area (Å²) in [5.74, 6) is 1.61. The Bertz CT molecular complexity index is 1280. The van der Waals surface area contributed by atoms with Gasteiger partial charge in [0, 0.05) is 22.5 Å². The number of methoxy groups -OCH3 is 1. The highest BCUT2D eigenvalue weighted by Gasteiger charge is 2.14. The molecule has 0 aliphatic carbocycles. The lowest BCUT2D eigenvalue weighted by Gasteiger charge is -2.10. The largest absolute Gasteiger partial charge is 0.497 e. The number of rotatable bonds is 4. The van der Waals surface area contributed by atoms with Crippen LogP contribution in [0.2, 0.25) is 0 Å². The van der Waals surface area contributed by atoms with Crippen molar-refractivity contribution in [3.63, 3.8) is 0 Å². The molecule has 0 saturated heterocycles. The van der Waals surface area contributed by atoms with Crippen molar-refractivity contribution in [2.45, 2.75) is 0 Å². The van der Waals surface area contributed by atoms with Gasteiger partial charge in [-0.1, -0.05) is 30.3 Å². The lowest BCUT2D eigenvalue weighted by molar-refractivity contribution is 0.415. The number of aromatic nitrogens is 3. The zero-order chi connectivity index (χ0) is 18.9. The first-order valence-electron chi connectivity index (χ1n) is 8.81. The molecule has 2 aromatic carbocycles. The Balaban J connectivity index is 1.64. The Morgan fingerprint density at radius 1 is 0.929 bits per heavy atom. The second-order valence-corrected chi connectivity index (χ2v) is 7.14. The van der Waals surface area contributed by atoms with Crippen molar-refractivity contribution in [3.8, 4) is 16.9 Å². The molecule has 0 saturated carbocycles. The summed E-state index contributed by atoms with van der Waals surface area (Å²) in [4.78, 5) is 14.5. The van der Waals surface area contributed by atoms with Gasteiger partial charge >= 0.3 is 0 Å². The summed E-state index contributed by atoms with van der Waals surface area (Å²) in [5, 5.41) is 7.68. The molecule has 3 aromatic heterocycles. The van der Waals surface area contributed by atoms with Gasteiger partial charge in [0.25, 0.3) is 0 Å². The van der Waals surface area contributed by atoms with Crippen molar-refractivity contribution in [1.29, 1.82) is 0 Å². The number of benzene rings is 2. The Morgan fingerprint density at radius 2 is 1.79 bits per heavy atom. The topological polar surface area (TPSA) is 59.9 Å². The molecule has 6 heteroatoms. The molecule has 1 N–H and O–H groups in total. The molecule has 0 fully saturated rings. The van der Waals surface area contributed by atoms with Gasteiger partial charge in [-0.15, -0.1) is 11.3 Å². The molecule has 3 heterocycles. The van der Waals surface area contributed by atoms with E-state index in [1.165, 1.54) is 0 Å². The first-order chi connectivity index (χ1) is 13.8. The summed E-state index contributed by atoms with van der Waals surface area (Å²) in [6.07, 6.45) is 3.40. The summed E-state index contributed by atoms with van der Waals surface area (Å²) in [6.45, 7) is 0. The molecule has 5 rings (SSSR count). The molecule has 0 aliphatic heterocycles. The lowest BCUT2D eigenvalue weighted by atomic mass is 10.1. The Kier molecular flexibility index (Phi) is 4.10. The van der Waals surface area contributed by atoms with Crippen LogP contribution in [-0.2, 0) is 0 Å². The first-order valence-corrected chi connectivity index (χ1v) is 9.69. The number of thiophene rings is 1. The maximum atomic E-state index is 5.28. The minimum absolute atomic E-state index is 0.773. The first kappa shape index (κ1) is 16.6. The van der Waals surface area contributed by atoms with Gasteiger partial charge in [0.05, 0.1) is 23.7 Å².